The van der Waals surface area contributed by atoms with Gasteiger partial charge in [-0.15, -0.1) is 11.8 Å². The highest BCUT2D eigenvalue weighted by molar-refractivity contribution is 7.99. The molecule has 0 saturated heterocycles. The molecular weight excluding hydrogens is 214 g/mol. The average molecular weight is 230 g/mol. The Labute approximate surface area is 95.2 Å². The van der Waals surface area contributed by atoms with E-state index in [-0.39, 0.29) is 0 Å². The largest absolute Gasteiger partial charge is 0.317 e. The lowest BCUT2D eigenvalue weighted by molar-refractivity contribution is 0.598. The Morgan fingerprint density at radius 2 is 2.29 bits per heavy atom. The fourth-order valence-corrected chi connectivity index (χ4v) is 2.40. The fourth-order valence-electron chi connectivity index (χ4n) is 1.05. The van der Waals surface area contributed by atoms with Crippen molar-refractivity contribution in [2.24, 2.45) is 0 Å². The Hall–Kier alpha value is -0.180. The molecule has 0 saturated carbocycles. The van der Waals surface area contributed by atoms with Crippen molar-refractivity contribution in [1.29, 1.82) is 0 Å². The monoisotopic (exact) mass is 229 g/mol. The van der Waals surface area contributed by atoms with Gasteiger partial charge in [0.2, 0.25) is 0 Å². The Kier molecular flexibility index (Phi) is 5.38. The molecule has 1 N–H and O–H groups in total. The van der Waals surface area contributed by atoms with E-state index in [2.05, 4.69) is 18.3 Å². The Morgan fingerprint density at radius 1 is 1.50 bits per heavy atom. The quantitative estimate of drug-likeness (QED) is 0.777. The standard InChI is InChI=1S/C11H16ClNS/c1-9(13-2)6-7-14-11-5-3-4-10(12)8-11/h3-5,8-9,13H,6-7H2,1-2H3. The molecule has 0 aromatic heterocycles. The molecule has 0 radical (unpaired) electrons. The SMILES string of the molecule is CNC(C)CCSc1cccc(Cl)c1. The molecule has 14 heavy (non-hydrogen) atoms. The summed E-state index contributed by atoms with van der Waals surface area (Å²) in [5.74, 6) is 1.13. The molecule has 1 aromatic carbocycles. The molecule has 1 aromatic rings. The van der Waals surface area contributed by atoms with Gasteiger partial charge >= 0.3 is 0 Å². The van der Waals surface area contributed by atoms with Crippen LogP contribution in [0.2, 0.25) is 5.02 Å². The number of hydrogen-bond donors (Lipinski definition) is 1. The molecule has 0 aliphatic carbocycles. The number of benzene rings is 1. The average Bonchev–Trinajstić information content (AvgIpc) is 2.17. The summed E-state index contributed by atoms with van der Waals surface area (Å²) in [6.07, 6.45) is 1.17. The number of rotatable bonds is 5. The number of hydrogen-bond acceptors (Lipinski definition) is 2. The zero-order chi connectivity index (χ0) is 10.4. The van der Waals surface area contributed by atoms with Crippen LogP contribution in [-0.4, -0.2) is 18.8 Å². The summed E-state index contributed by atoms with van der Waals surface area (Å²) in [6, 6.07) is 8.59. The third-order valence-electron chi connectivity index (χ3n) is 2.11. The highest BCUT2D eigenvalue weighted by atomic mass is 35.5. The van der Waals surface area contributed by atoms with Crippen molar-refractivity contribution in [3.05, 3.63) is 29.3 Å². The second-order valence-electron chi connectivity index (χ2n) is 3.28. The van der Waals surface area contributed by atoms with E-state index in [9.17, 15) is 0 Å². The maximum atomic E-state index is 5.89. The van der Waals surface area contributed by atoms with E-state index in [4.69, 9.17) is 11.6 Å². The van der Waals surface area contributed by atoms with E-state index in [0.717, 1.165) is 10.8 Å². The molecule has 0 aliphatic heterocycles. The molecule has 0 heterocycles. The van der Waals surface area contributed by atoms with Gasteiger partial charge in [-0.25, -0.2) is 0 Å². The highest BCUT2D eigenvalue weighted by Crippen LogP contribution is 2.22. The van der Waals surface area contributed by atoms with Gasteiger partial charge in [0.15, 0.2) is 0 Å². The lowest BCUT2D eigenvalue weighted by Crippen LogP contribution is -2.21. The first-order valence-corrected chi connectivity index (χ1v) is 6.14. The van der Waals surface area contributed by atoms with E-state index in [0.29, 0.717) is 6.04 Å². The summed E-state index contributed by atoms with van der Waals surface area (Å²) in [5.41, 5.74) is 0. The minimum Gasteiger partial charge on any atom is -0.317 e. The molecule has 0 fully saturated rings. The van der Waals surface area contributed by atoms with Gasteiger partial charge in [-0.2, -0.15) is 0 Å². The van der Waals surface area contributed by atoms with Gasteiger partial charge in [-0.05, 0) is 44.3 Å². The summed E-state index contributed by atoms with van der Waals surface area (Å²) in [6.45, 7) is 2.19. The van der Waals surface area contributed by atoms with Crippen LogP contribution in [0.3, 0.4) is 0 Å². The molecule has 1 atom stereocenters. The summed E-state index contributed by atoms with van der Waals surface area (Å²) < 4.78 is 0. The first-order valence-electron chi connectivity index (χ1n) is 4.78. The van der Waals surface area contributed by atoms with Gasteiger partial charge in [0.05, 0.1) is 0 Å². The van der Waals surface area contributed by atoms with Crippen molar-refractivity contribution in [2.45, 2.75) is 24.3 Å². The van der Waals surface area contributed by atoms with E-state index in [1.165, 1.54) is 11.3 Å². The van der Waals surface area contributed by atoms with Crippen molar-refractivity contribution < 1.29 is 0 Å². The van der Waals surface area contributed by atoms with Crippen molar-refractivity contribution in [2.75, 3.05) is 12.8 Å². The summed E-state index contributed by atoms with van der Waals surface area (Å²) in [7, 11) is 1.99. The van der Waals surface area contributed by atoms with Gasteiger partial charge < -0.3 is 5.32 Å². The lowest BCUT2D eigenvalue weighted by Gasteiger charge is -2.08. The van der Waals surface area contributed by atoms with Gasteiger partial charge in [0.1, 0.15) is 0 Å². The van der Waals surface area contributed by atoms with Crippen molar-refractivity contribution in [3.63, 3.8) is 0 Å². The first kappa shape index (κ1) is 11.9. The molecule has 0 amide bonds. The van der Waals surface area contributed by atoms with Crippen LogP contribution >= 0.6 is 23.4 Å². The van der Waals surface area contributed by atoms with E-state index in [1.807, 2.05) is 37.0 Å². The molecule has 1 unspecified atom stereocenters. The van der Waals surface area contributed by atoms with E-state index >= 15 is 0 Å². The van der Waals surface area contributed by atoms with Crippen LogP contribution in [-0.2, 0) is 0 Å². The normalized spacial score (nSPS) is 12.8. The Balaban J connectivity index is 2.31. The van der Waals surface area contributed by atoms with Crippen LogP contribution in [0.4, 0.5) is 0 Å². The summed E-state index contributed by atoms with van der Waals surface area (Å²) in [4.78, 5) is 1.25. The van der Waals surface area contributed by atoms with Crippen LogP contribution in [0.5, 0.6) is 0 Å². The number of halogens is 1. The summed E-state index contributed by atoms with van der Waals surface area (Å²) >= 11 is 7.74. The zero-order valence-corrected chi connectivity index (χ0v) is 10.2. The molecule has 78 valence electrons. The molecule has 0 bridgehead atoms. The van der Waals surface area contributed by atoms with Crippen LogP contribution in [0.25, 0.3) is 0 Å². The molecule has 0 aliphatic rings. The minimum absolute atomic E-state index is 0.585. The van der Waals surface area contributed by atoms with Crippen LogP contribution < -0.4 is 5.32 Å². The minimum atomic E-state index is 0.585. The molecular formula is C11H16ClNS. The van der Waals surface area contributed by atoms with Crippen LogP contribution in [0, 0.1) is 0 Å². The molecule has 0 spiro atoms. The maximum Gasteiger partial charge on any atom is 0.0417 e. The Morgan fingerprint density at radius 3 is 2.93 bits per heavy atom. The topological polar surface area (TPSA) is 12.0 Å². The second-order valence-corrected chi connectivity index (χ2v) is 4.89. The predicted molar refractivity (Wildman–Crippen MR) is 65.3 cm³/mol. The maximum absolute atomic E-state index is 5.89. The smallest absolute Gasteiger partial charge is 0.0417 e. The lowest BCUT2D eigenvalue weighted by atomic mass is 10.3. The number of thioether (sulfide) groups is 1. The van der Waals surface area contributed by atoms with Gasteiger partial charge in [-0.3, -0.25) is 0 Å². The summed E-state index contributed by atoms with van der Waals surface area (Å²) in [5, 5.41) is 4.04. The van der Waals surface area contributed by atoms with Crippen molar-refractivity contribution in [1.82, 2.24) is 5.32 Å². The second kappa shape index (κ2) is 6.33. The van der Waals surface area contributed by atoms with Gasteiger partial charge in [0.25, 0.3) is 0 Å². The van der Waals surface area contributed by atoms with E-state index in [1.54, 1.807) is 0 Å². The third-order valence-corrected chi connectivity index (χ3v) is 3.37. The predicted octanol–water partition coefficient (Wildman–Crippen LogP) is 3.43. The number of nitrogens with one attached hydrogen (secondary N) is 1. The molecule has 1 rings (SSSR count). The van der Waals surface area contributed by atoms with Crippen LogP contribution in [0.1, 0.15) is 13.3 Å². The van der Waals surface area contributed by atoms with Crippen LogP contribution in [0.15, 0.2) is 29.2 Å². The van der Waals surface area contributed by atoms with Crippen molar-refractivity contribution in [3.8, 4) is 0 Å². The third kappa shape index (κ3) is 4.36. The Bertz CT molecular complexity index is 278. The fraction of sp³-hybridized carbons (Fsp3) is 0.455. The first-order chi connectivity index (χ1) is 6.72. The molecule has 3 heteroatoms. The molecule has 1 nitrogen and oxygen atoms in total. The van der Waals surface area contributed by atoms with Gasteiger partial charge in [-0.1, -0.05) is 17.7 Å². The highest BCUT2D eigenvalue weighted by Gasteiger charge is 1.99. The van der Waals surface area contributed by atoms with Crippen molar-refractivity contribution >= 4 is 23.4 Å². The zero-order valence-electron chi connectivity index (χ0n) is 8.59. The van der Waals surface area contributed by atoms with E-state index < -0.39 is 0 Å². The van der Waals surface area contributed by atoms with Gasteiger partial charge in [0, 0.05) is 16.0 Å².